The predicted molar refractivity (Wildman–Crippen MR) is 106 cm³/mol. The van der Waals surface area contributed by atoms with Gasteiger partial charge in [-0.1, -0.05) is 37.3 Å². The van der Waals surface area contributed by atoms with E-state index in [1.807, 2.05) is 43.3 Å². The molecular weight excluding hydrogens is 399 g/mol. The van der Waals surface area contributed by atoms with Crippen LogP contribution < -0.4 is 0 Å². The summed E-state index contributed by atoms with van der Waals surface area (Å²) in [6.07, 6.45) is -2.83. The first-order chi connectivity index (χ1) is 13.9. The molecule has 9 heteroatoms. The number of hydrogen-bond acceptors (Lipinski definition) is 5. The summed E-state index contributed by atoms with van der Waals surface area (Å²) in [5.41, 5.74) is 1.94. The molecule has 0 saturated heterocycles. The van der Waals surface area contributed by atoms with Crippen LogP contribution in [0.15, 0.2) is 53.6 Å². The fraction of sp³-hybridized carbons (Fsp3) is 0.200. The van der Waals surface area contributed by atoms with E-state index in [0.29, 0.717) is 11.5 Å². The lowest BCUT2D eigenvalue weighted by molar-refractivity contribution is -0.141. The number of aromatic nitrogens is 5. The molecule has 29 heavy (non-hydrogen) atoms. The zero-order valence-electron chi connectivity index (χ0n) is 15.6. The van der Waals surface area contributed by atoms with Gasteiger partial charge in [0.15, 0.2) is 17.2 Å². The van der Waals surface area contributed by atoms with Crippen molar-refractivity contribution < 1.29 is 13.2 Å². The summed E-state index contributed by atoms with van der Waals surface area (Å²) in [5.74, 6) is 1.26. The van der Waals surface area contributed by atoms with E-state index in [1.54, 1.807) is 29.6 Å². The van der Waals surface area contributed by atoms with Crippen molar-refractivity contribution in [2.75, 3.05) is 5.75 Å². The summed E-state index contributed by atoms with van der Waals surface area (Å²) >= 11 is 1.60. The third-order valence-corrected chi connectivity index (χ3v) is 5.29. The molecular formula is C20H16F3N5S. The van der Waals surface area contributed by atoms with Gasteiger partial charge in [-0.05, 0) is 17.4 Å². The lowest BCUT2D eigenvalue weighted by Gasteiger charge is -2.10. The summed E-state index contributed by atoms with van der Waals surface area (Å²) in [6, 6.07) is 12.8. The van der Waals surface area contributed by atoms with Gasteiger partial charge in [0.05, 0.1) is 0 Å². The van der Waals surface area contributed by atoms with E-state index in [0.717, 1.165) is 27.8 Å². The van der Waals surface area contributed by atoms with Gasteiger partial charge in [-0.3, -0.25) is 4.98 Å². The Kier molecular flexibility index (Phi) is 4.99. The fourth-order valence-corrected chi connectivity index (χ4v) is 3.80. The Morgan fingerprint density at radius 1 is 1.03 bits per heavy atom. The number of fused-ring (bicyclic) bond motifs is 1. The molecule has 0 fully saturated rings. The van der Waals surface area contributed by atoms with Crippen molar-refractivity contribution in [3.05, 3.63) is 54.4 Å². The largest absolute Gasteiger partial charge is 0.435 e. The van der Waals surface area contributed by atoms with E-state index in [9.17, 15) is 13.2 Å². The van der Waals surface area contributed by atoms with E-state index < -0.39 is 11.9 Å². The summed E-state index contributed by atoms with van der Waals surface area (Å²) in [7, 11) is 1.69. The number of nitrogens with zero attached hydrogens (tertiary/aromatic N) is 5. The van der Waals surface area contributed by atoms with Gasteiger partial charge in [0.2, 0.25) is 0 Å². The molecule has 0 N–H and O–H groups in total. The van der Waals surface area contributed by atoms with Crippen molar-refractivity contribution in [3.63, 3.8) is 0 Å². The van der Waals surface area contributed by atoms with Crippen molar-refractivity contribution in [1.82, 2.24) is 24.7 Å². The van der Waals surface area contributed by atoms with Crippen molar-refractivity contribution in [1.29, 1.82) is 0 Å². The highest BCUT2D eigenvalue weighted by atomic mass is 32.2. The molecule has 0 spiro atoms. The van der Waals surface area contributed by atoms with Gasteiger partial charge in [0.25, 0.3) is 0 Å². The summed E-state index contributed by atoms with van der Waals surface area (Å²) < 4.78 is 40.5. The lowest BCUT2D eigenvalue weighted by atomic mass is 10.1. The number of benzene rings is 1. The molecule has 0 radical (unpaired) electrons. The number of halogens is 3. The van der Waals surface area contributed by atoms with Gasteiger partial charge in [0, 0.05) is 29.8 Å². The van der Waals surface area contributed by atoms with Crippen molar-refractivity contribution in [2.24, 2.45) is 7.05 Å². The smallest absolute Gasteiger partial charge is 0.309 e. The highest BCUT2D eigenvalue weighted by Crippen LogP contribution is 2.34. The molecule has 5 nitrogen and oxygen atoms in total. The van der Waals surface area contributed by atoms with Crippen LogP contribution in [0.25, 0.3) is 33.8 Å². The van der Waals surface area contributed by atoms with Gasteiger partial charge in [-0.25, -0.2) is 4.98 Å². The molecule has 4 rings (SSSR count). The standard InChI is InChI=1S/C20H16F3N5S/c1-3-29-15-9-13(12-7-5-4-6-8-12)11-24-17(15)19-25-14-10-16(20(21,22)23)26-27-18(14)28(19)2/h4-11H,3H2,1-2H3. The van der Waals surface area contributed by atoms with Crippen molar-refractivity contribution in [2.45, 2.75) is 18.0 Å². The fourth-order valence-electron chi connectivity index (χ4n) is 3.00. The van der Waals surface area contributed by atoms with Crippen LogP contribution in [-0.4, -0.2) is 30.5 Å². The quantitative estimate of drug-likeness (QED) is 0.428. The molecule has 4 aromatic rings. The molecule has 0 saturated carbocycles. The maximum absolute atomic E-state index is 13.0. The van der Waals surface area contributed by atoms with E-state index in [-0.39, 0.29) is 11.2 Å². The zero-order chi connectivity index (χ0) is 20.6. The minimum atomic E-state index is -4.57. The Morgan fingerprint density at radius 3 is 2.48 bits per heavy atom. The van der Waals surface area contributed by atoms with Crippen LogP contribution in [0.2, 0.25) is 0 Å². The predicted octanol–water partition coefficient (Wildman–Crippen LogP) is 5.22. The van der Waals surface area contributed by atoms with Gasteiger partial charge in [0.1, 0.15) is 11.2 Å². The number of aryl methyl sites for hydroxylation is 1. The second kappa shape index (κ2) is 7.47. The van der Waals surface area contributed by atoms with E-state index >= 15 is 0 Å². The summed E-state index contributed by atoms with van der Waals surface area (Å²) in [6.45, 7) is 2.03. The normalized spacial score (nSPS) is 11.9. The number of imidazole rings is 1. The molecule has 0 aliphatic heterocycles. The maximum Gasteiger partial charge on any atom is 0.435 e. The van der Waals surface area contributed by atoms with Crippen LogP contribution in [0.1, 0.15) is 12.6 Å². The Morgan fingerprint density at radius 2 is 1.79 bits per heavy atom. The topological polar surface area (TPSA) is 56.5 Å². The number of thioether (sulfide) groups is 1. The molecule has 3 heterocycles. The third-order valence-electron chi connectivity index (χ3n) is 4.38. The number of alkyl halides is 3. The molecule has 1 aromatic carbocycles. The second-order valence-corrected chi connectivity index (χ2v) is 7.61. The van der Waals surface area contributed by atoms with Crippen molar-refractivity contribution >= 4 is 22.9 Å². The maximum atomic E-state index is 13.0. The average Bonchev–Trinajstić information content (AvgIpc) is 3.04. The highest BCUT2D eigenvalue weighted by molar-refractivity contribution is 7.99. The number of hydrogen-bond donors (Lipinski definition) is 0. The molecule has 148 valence electrons. The van der Waals surface area contributed by atoms with Crippen LogP contribution in [0, 0.1) is 0 Å². The zero-order valence-corrected chi connectivity index (χ0v) is 16.4. The van der Waals surface area contributed by atoms with Crippen LogP contribution >= 0.6 is 11.8 Å². The molecule has 0 amide bonds. The minimum absolute atomic E-state index is 0.131. The SMILES string of the molecule is CCSc1cc(-c2ccccc2)cnc1-c1nc2cc(C(F)(F)F)nnc2n1C. The van der Waals surface area contributed by atoms with Gasteiger partial charge < -0.3 is 4.57 Å². The van der Waals surface area contributed by atoms with E-state index in [4.69, 9.17) is 0 Å². The highest BCUT2D eigenvalue weighted by Gasteiger charge is 2.34. The third kappa shape index (κ3) is 3.69. The monoisotopic (exact) mass is 415 g/mol. The van der Waals surface area contributed by atoms with Crippen LogP contribution in [0.3, 0.4) is 0 Å². The van der Waals surface area contributed by atoms with E-state index in [2.05, 4.69) is 20.2 Å². The van der Waals surface area contributed by atoms with E-state index in [1.165, 1.54) is 0 Å². The van der Waals surface area contributed by atoms with Crippen LogP contribution in [0.5, 0.6) is 0 Å². The Bertz CT molecular complexity index is 1170. The summed E-state index contributed by atoms with van der Waals surface area (Å²) in [5, 5.41) is 7.03. The molecule has 0 unspecified atom stereocenters. The number of pyridine rings is 1. The van der Waals surface area contributed by atoms with Gasteiger partial charge in [-0.2, -0.15) is 13.2 Å². The number of rotatable bonds is 4. The minimum Gasteiger partial charge on any atom is -0.309 e. The van der Waals surface area contributed by atoms with Crippen LogP contribution in [0.4, 0.5) is 13.2 Å². The summed E-state index contributed by atoms with van der Waals surface area (Å²) in [4.78, 5) is 9.88. The second-order valence-electron chi connectivity index (χ2n) is 6.30. The molecule has 0 atom stereocenters. The Balaban J connectivity index is 1.85. The molecule has 0 bridgehead atoms. The lowest BCUT2D eigenvalue weighted by Crippen LogP contribution is -2.09. The molecule has 0 aliphatic carbocycles. The molecule has 3 aromatic heterocycles. The first-order valence-electron chi connectivity index (χ1n) is 8.84. The first kappa shape index (κ1) is 19.4. The van der Waals surface area contributed by atoms with Gasteiger partial charge >= 0.3 is 6.18 Å². The van der Waals surface area contributed by atoms with Crippen molar-refractivity contribution in [3.8, 4) is 22.6 Å². The first-order valence-corrected chi connectivity index (χ1v) is 9.83. The van der Waals surface area contributed by atoms with Gasteiger partial charge in [-0.15, -0.1) is 22.0 Å². The molecule has 0 aliphatic rings. The Hall–Kier alpha value is -2.94. The van der Waals surface area contributed by atoms with Crippen LogP contribution in [-0.2, 0) is 13.2 Å². The Labute approximate surface area is 169 Å². The average molecular weight is 415 g/mol.